The van der Waals surface area contributed by atoms with Gasteiger partial charge in [0, 0.05) is 41.8 Å². The van der Waals surface area contributed by atoms with Gasteiger partial charge in [-0.2, -0.15) is 0 Å². The Bertz CT molecular complexity index is 620. The number of aryl methyl sites for hydroxylation is 3. The fourth-order valence-corrected chi connectivity index (χ4v) is 3.14. The normalized spacial score (nSPS) is 11.2. The second kappa shape index (κ2) is 11.5. The van der Waals surface area contributed by atoms with Crippen LogP contribution in [0.25, 0.3) is 0 Å². The van der Waals surface area contributed by atoms with Crippen molar-refractivity contribution in [3.63, 3.8) is 0 Å². The zero-order valence-electron chi connectivity index (χ0n) is 14.7. The Morgan fingerprint density at radius 2 is 2.08 bits per heavy atom. The number of hydrogen-bond acceptors (Lipinski definition) is 3. The summed E-state index contributed by atoms with van der Waals surface area (Å²) in [6.45, 7) is 9.84. The maximum Gasteiger partial charge on any atom is 0.191 e. The van der Waals surface area contributed by atoms with Crippen molar-refractivity contribution in [2.75, 3.05) is 13.1 Å². The van der Waals surface area contributed by atoms with Gasteiger partial charge in [0.15, 0.2) is 5.96 Å². The van der Waals surface area contributed by atoms with Gasteiger partial charge in [0.1, 0.15) is 5.82 Å². The minimum absolute atomic E-state index is 0. The number of aliphatic imine (C=N–C) groups is 1. The summed E-state index contributed by atoms with van der Waals surface area (Å²) in [5.41, 5.74) is 0. The summed E-state index contributed by atoms with van der Waals surface area (Å²) in [6, 6.07) is 4.30. The summed E-state index contributed by atoms with van der Waals surface area (Å²) in [4.78, 5) is 11.5. The molecule has 0 fully saturated rings. The lowest BCUT2D eigenvalue weighted by atomic mass is 10.3. The lowest BCUT2D eigenvalue weighted by molar-refractivity contribution is 0.588. The van der Waals surface area contributed by atoms with Gasteiger partial charge in [0.2, 0.25) is 0 Å². The van der Waals surface area contributed by atoms with Crippen molar-refractivity contribution in [2.24, 2.45) is 4.99 Å². The smallest absolute Gasteiger partial charge is 0.191 e. The summed E-state index contributed by atoms with van der Waals surface area (Å²) < 4.78 is 2.19. The summed E-state index contributed by atoms with van der Waals surface area (Å²) in [6.07, 6.45) is 6.14. The Morgan fingerprint density at radius 1 is 1.25 bits per heavy atom. The molecule has 0 unspecified atom stereocenters. The predicted molar refractivity (Wildman–Crippen MR) is 113 cm³/mol. The van der Waals surface area contributed by atoms with Crippen molar-refractivity contribution < 1.29 is 0 Å². The molecule has 0 bridgehead atoms. The van der Waals surface area contributed by atoms with E-state index in [-0.39, 0.29) is 24.0 Å². The first-order valence-electron chi connectivity index (χ1n) is 8.24. The van der Waals surface area contributed by atoms with Crippen LogP contribution in [0.4, 0.5) is 0 Å². The minimum Gasteiger partial charge on any atom is -0.357 e. The number of imidazole rings is 1. The van der Waals surface area contributed by atoms with Crippen LogP contribution in [0.2, 0.25) is 0 Å². The zero-order chi connectivity index (χ0) is 16.5. The third-order valence-electron chi connectivity index (χ3n) is 3.58. The second-order valence-electron chi connectivity index (χ2n) is 5.51. The fourth-order valence-electron chi connectivity index (χ4n) is 2.32. The highest BCUT2D eigenvalue weighted by molar-refractivity contribution is 14.0. The van der Waals surface area contributed by atoms with E-state index in [4.69, 9.17) is 0 Å². The van der Waals surface area contributed by atoms with E-state index >= 15 is 0 Å². The molecule has 0 aromatic carbocycles. The molecule has 0 amide bonds. The van der Waals surface area contributed by atoms with Crippen molar-refractivity contribution in [1.82, 2.24) is 20.2 Å². The van der Waals surface area contributed by atoms with E-state index in [9.17, 15) is 0 Å². The first-order valence-corrected chi connectivity index (χ1v) is 9.06. The lowest BCUT2D eigenvalue weighted by Gasteiger charge is -2.11. The van der Waals surface area contributed by atoms with Crippen molar-refractivity contribution >= 4 is 41.3 Å². The predicted octanol–water partition coefficient (Wildman–Crippen LogP) is 3.71. The molecule has 2 heterocycles. The van der Waals surface area contributed by atoms with Gasteiger partial charge in [-0.05, 0) is 45.7 Å². The number of nitrogens with one attached hydrogen (secondary N) is 2. The van der Waals surface area contributed by atoms with Gasteiger partial charge < -0.3 is 15.2 Å². The molecule has 0 aliphatic rings. The minimum atomic E-state index is 0. The van der Waals surface area contributed by atoms with E-state index in [1.807, 2.05) is 30.7 Å². The largest absolute Gasteiger partial charge is 0.357 e. The van der Waals surface area contributed by atoms with Gasteiger partial charge in [0.05, 0.1) is 6.54 Å². The number of rotatable bonds is 8. The van der Waals surface area contributed by atoms with Gasteiger partial charge in [-0.3, -0.25) is 0 Å². The van der Waals surface area contributed by atoms with E-state index < -0.39 is 0 Å². The quantitative estimate of drug-likeness (QED) is 0.273. The maximum absolute atomic E-state index is 4.65. The molecule has 0 saturated carbocycles. The molecular weight excluding hydrogens is 433 g/mol. The number of unbranched alkanes of at least 4 members (excludes halogenated alkanes) is 1. The van der Waals surface area contributed by atoms with Crippen LogP contribution in [0.5, 0.6) is 0 Å². The molecular formula is C17H28IN5S. The number of aromatic nitrogens is 2. The van der Waals surface area contributed by atoms with Gasteiger partial charge in [-0.25, -0.2) is 9.98 Å². The number of thiophene rings is 1. The second-order valence-corrected chi connectivity index (χ2v) is 6.88. The van der Waals surface area contributed by atoms with Crippen LogP contribution in [-0.2, 0) is 13.1 Å². The highest BCUT2D eigenvalue weighted by Crippen LogP contribution is 2.15. The topological polar surface area (TPSA) is 54.2 Å². The molecule has 2 N–H and O–H groups in total. The standard InChI is InChI=1S/C17H27N5S.HI/c1-4-18-17(21-13-16-8-7-14(2)23-16)20-9-5-6-11-22-12-10-19-15(22)3;/h7-8,10,12H,4-6,9,11,13H2,1-3H3,(H2,18,20,21);1H. The van der Waals surface area contributed by atoms with E-state index in [1.165, 1.54) is 9.75 Å². The molecule has 134 valence electrons. The van der Waals surface area contributed by atoms with Crippen LogP contribution in [0.1, 0.15) is 35.3 Å². The summed E-state index contributed by atoms with van der Waals surface area (Å²) in [7, 11) is 0. The molecule has 2 aromatic heterocycles. The Morgan fingerprint density at radius 3 is 2.71 bits per heavy atom. The van der Waals surface area contributed by atoms with E-state index in [0.717, 1.165) is 50.8 Å². The van der Waals surface area contributed by atoms with Gasteiger partial charge in [0.25, 0.3) is 0 Å². The molecule has 24 heavy (non-hydrogen) atoms. The molecule has 5 nitrogen and oxygen atoms in total. The molecule has 2 rings (SSSR count). The average molecular weight is 461 g/mol. The van der Waals surface area contributed by atoms with Crippen LogP contribution in [-0.4, -0.2) is 28.6 Å². The van der Waals surface area contributed by atoms with E-state index in [2.05, 4.69) is 51.2 Å². The van der Waals surface area contributed by atoms with Crippen molar-refractivity contribution in [1.29, 1.82) is 0 Å². The fraction of sp³-hybridized carbons (Fsp3) is 0.529. The number of guanidine groups is 1. The Kier molecular flexibility index (Phi) is 10.0. The maximum atomic E-state index is 4.65. The monoisotopic (exact) mass is 461 g/mol. The Hall–Kier alpha value is -1.09. The summed E-state index contributed by atoms with van der Waals surface area (Å²) >= 11 is 1.81. The highest BCUT2D eigenvalue weighted by Gasteiger charge is 2.00. The molecule has 0 spiro atoms. The molecule has 0 aliphatic carbocycles. The molecule has 0 aliphatic heterocycles. The van der Waals surface area contributed by atoms with Crippen molar-refractivity contribution in [2.45, 2.75) is 46.7 Å². The first kappa shape index (κ1) is 21.0. The van der Waals surface area contributed by atoms with Crippen molar-refractivity contribution in [3.8, 4) is 0 Å². The lowest BCUT2D eigenvalue weighted by Crippen LogP contribution is -2.37. The van der Waals surface area contributed by atoms with E-state index in [1.54, 1.807) is 0 Å². The Balaban J connectivity index is 0.00000288. The van der Waals surface area contributed by atoms with Crippen LogP contribution in [0.3, 0.4) is 0 Å². The number of halogens is 1. The first-order chi connectivity index (χ1) is 11.2. The summed E-state index contributed by atoms with van der Waals surface area (Å²) in [5, 5.41) is 6.71. The van der Waals surface area contributed by atoms with Crippen LogP contribution < -0.4 is 10.6 Å². The van der Waals surface area contributed by atoms with Crippen LogP contribution in [0, 0.1) is 13.8 Å². The molecule has 0 saturated heterocycles. The van der Waals surface area contributed by atoms with Gasteiger partial charge in [-0.1, -0.05) is 0 Å². The van der Waals surface area contributed by atoms with Crippen molar-refractivity contribution in [3.05, 3.63) is 40.1 Å². The van der Waals surface area contributed by atoms with Gasteiger partial charge >= 0.3 is 0 Å². The average Bonchev–Trinajstić information content (AvgIpc) is 3.13. The third kappa shape index (κ3) is 7.21. The van der Waals surface area contributed by atoms with Crippen LogP contribution in [0.15, 0.2) is 29.5 Å². The highest BCUT2D eigenvalue weighted by atomic mass is 127. The molecule has 0 radical (unpaired) electrons. The van der Waals surface area contributed by atoms with E-state index in [0.29, 0.717) is 0 Å². The number of hydrogen-bond donors (Lipinski definition) is 2. The third-order valence-corrected chi connectivity index (χ3v) is 4.56. The number of nitrogens with zero attached hydrogens (tertiary/aromatic N) is 3. The molecule has 2 aromatic rings. The van der Waals surface area contributed by atoms with Gasteiger partial charge in [-0.15, -0.1) is 35.3 Å². The molecule has 7 heteroatoms. The SMILES string of the molecule is CCNC(=NCc1ccc(C)s1)NCCCCn1ccnc1C.I. The van der Waals surface area contributed by atoms with Crippen LogP contribution >= 0.6 is 35.3 Å². The summed E-state index contributed by atoms with van der Waals surface area (Å²) in [5.74, 6) is 1.98. The Labute approximate surface area is 166 Å². The molecule has 0 atom stereocenters. The zero-order valence-corrected chi connectivity index (χ0v) is 17.9.